The Balaban J connectivity index is 1.32. The maximum atomic E-state index is 13.0. The van der Waals surface area contributed by atoms with E-state index in [1.807, 2.05) is 0 Å². The van der Waals surface area contributed by atoms with Gasteiger partial charge in [-0.25, -0.2) is 8.78 Å². The minimum absolute atomic E-state index is 0.330. The molecular formula is C24H16BF2O4. The second-order valence-corrected chi connectivity index (χ2v) is 6.39. The highest BCUT2D eigenvalue weighted by Crippen LogP contribution is 2.27. The molecule has 153 valence electrons. The summed E-state index contributed by atoms with van der Waals surface area (Å²) in [5, 5.41) is 0. The zero-order valence-corrected chi connectivity index (χ0v) is 16.2. The molecule has 0 aliphatic rings. The zero-order chi connectivity index (χ0) is 21.5. The SMILES string of the molecule is Fc1ccc(Oc2cccc(O[B]Oc3cccc(Oc4ccc(F)cc4)c3)c2)cc1. The molecule has 0 bridgehead atoms. The molecule has 4 aromatic carbocycles. The Morgan fingerprint density at radius 1 is 0.452 bits per heavy atom. The van der Waals surface area contributed by atoms with Gasteiger partial charge in [0.2, 0.25) is 0 Å². The quantitative estimate of drug-likeness (QED) is 0.305. The number of benzene rings is 4. The van der Waals surface area contributed by atoms with Crippen LogP contribution < -0.4 is 18.8 Å². The van der Waals surface area contributed by atoms with Gasteiger partial charge in [0.05, 0.1) is 0 Å². The maximum Gasteiger partial charge on any atom is 0.658 e. The zero-order valence-electron chi connectivity index (χ0n) is 16.2. The van der Waals surface area contributed by atoms with Gasteiger partial charge in [0.1, 0.15) is 46.1 Å². The predicted molar refractivity (Wildman–Crippen MR) is 113 cm³/mol. The summed E-state index contributed by atoms with van der Waals surface area (Å²) < 4.78 is 48.4. The molecule has 31 heavy (non-hydrogen) atoms. The van der Waals surface area contributed by atoms with Gasteiger partial charge < -0.3 is 18.8 Å². The van der Waals surface area contributed by atoms with Crippen LogP contribution >= 0.6 is 0 Å². The maximum absolute atomic E-state index is 13.0. The van der Waals surface area contributed by atoms with E-state index in [4.69, 9.17) is 18.8 Å². The molecule has 0 aromatic heterocycles. The fourth-order valence-corrected chi connectivity index (χ4v) is 2.63. The first-order valence-electron chi connectivity index (χ1n) is 9.36. The average molecular weight is 417 g/mol. The van der Waals surface area contributed by atoms with Crippen molar-refractivity contribution < 1.29 is 27.6 Å². The van der Waals surface area contributed by atoms with Crippen LogP contribution in [0.3, 0.4) is 0 Å². The van der Waals surface area contributed by atoms with Crippen molar-refractivity contribution in [1.82, 2.24) is 0 Å². The van der Waals surface area contributed by atoms with E-state index in [-0.39, 0.29) is 11.6 Å². The van der Waals surface area contributed by atoms with Crippen LogP contribution in [0.25, 0.3) is 0 Å². The van der Waals surface area contributed by atoms with Crippen molar-refractivity contribution in [2.24, 2.45) is 0 Å². The number of ether oxygens (including phenoxy) is 2. The first-order valence-corrected chi connectivity index (χ1v) is 9.36. The number of hydrogen-bond acceptors (Lipinski definition) is 4. The molecule has 7 heteroatoms. The van der Waals surface area contributed by atoms with Crippen LogP contribution in [0.2, 0.25) is 0 Å². The topological polar surface area (TPSA) is 36.9 Å². The van der Waals surface area contributed by atoms with Crippen molar-refractivity contribution in [2.75, 3.05) is 0 Å². The third-order valence-corrected chi connectivity index (χ3v) is 4.08. The summed E-state index contributed by atoms with van der Waals surface area (Å²) in [7, 11) is 1.19. The van der Waals surface area contributed by atoms with E-state index >= 15 is 0 Å². The molecule has 0 aliphatic heterocycles. The van der Waals surface area contributed by atoms with Crippen LogP contribution in [-0.4, -0.2) is 7.69 Å². The molecule has 1 radical (unpaired) electrons. The molecule has 0 saturated heterocycles. The minimum atomic E-state index is -0.330. The average Bonchev–Trinajstić information content (AvgIpc) is 2.78. The Hall–Kier alpha value is -4.00. The highest BCUT2D eigenvalue weighted by atomic mass is 19.1. The Labute approximate surface area is 178 Å². The fraction of sp³-hybridized carbons (Fsp3) is 0. The third-order valence-electron chi connectivity index (χ3n) is 4.08. The molecule has 0 fully saturated rings. The van der Waals surface area contributed by atoms with Gasteiger partial charge in [0.15, 0.2) is 0 Å². The van der Waals surface area contributed by atoms with Gasteiger partial charge >= 0.3 is 7.69 Å². The van der Waals surface area contributed by atoms with E-state index in [1.165, 1.54) is 32.0 Å². The fourth-order valence-electron chi connectivity index (χ4n) is 2.63. The summed E-state index contributed by atoms with van der Waals surface area (Å²) in [6.45, 7) is 0. The van der Waals surface area contributed by atoms with Crippen molar-refractivity contribution in [3.05, 3.63) is 109 Å². The standard InChI is InChI=1S/C24H16BF2O4/c26-17-7-11-19(12-8-17)28-21-3-1-5-23(15-21)30-25-31-24-6-2-4-22(16-24)29-20-13-9-18(27)10-14-20/h1-16H. The summed E-state index contributed by atoms with van der Waals surface area (Å²) in [4.78, 5) is 0. The Morgan fingerprint density at radius 2 is 0.839 bits per heavy atom. The second-order valence-electron chi connectivity index (χ2n) is 6.39. The van der Waals surface area contributed by atoms with E-state index in [2.05, 4.69) is 0 Å². The monoisotopic (exact) mass is 417 g/mol. The molecule has 0 spiro atoms. The first kappa shape index (κ1) is 20.3. The van der Waals surface area contributed by atoms with Crippen LogP contribution in [0.1, 0.15) is 0 Å². The lowest BCUT2D eigenvalue weighted by atomic mass is 10.2. The van der Waals surface area contributed by atoms with Crippen LogP contribution in [0.4, 0.5) is 8.78 Å². The van der Waals surface area contributed by atoms with E-state index < -0.39 is 0 Å². The van der Waals surface area contributed by atoms with E-state index in [1.54, 1.807) is 72.8 Å². The highest BCUT2D eigenvalue weighted by molar-refractivity contribution is 6.20. The summed E-state index contributed by atoms with van der Waals surface area (Å²) in [5.74, 6) is 2.43. The molecule has 4 aromatic rings. The van der Waals surface area contributed by atoms with Crippen LogP contribution in [0, 0.1) is 11.6 Å². The normalized spacial score (nSPS) is 10.3. The van der Waals surface area contributed by atoms with E-state index in [9.17, 15) is 8.78 Å². The molecule has 4 rings (SSSR count). The molecular weight excluding hydrogens is 401 g/mol. The van der Waals surface area contributed by atoms with Crippen molar-refractivity contribution in [1.29, 1.82) is 0 Å². The third kappa shape index (κ3) is 5.99. The summed E-state index contributed by atoms with van der Waals surface area (Å²) in [5.41, 5.74) is 0. The summed E-state index contributed by atoms with van der Waals surface area (Å²) in [6, 6.07) is 25.3. The minimum Gasteiger partial charge on any atom is -0.526 e. The molecule has 0 amide bonds. The molecule has 0 N–H and O–H groups in total. The smallest absolute Gasteiger partial charge is 0.526 e. The van der Waals surface area contributed by atoms with Crippen molar-refractivity contribution in [3.8, 4) is 34.5 Å². The van der Waals surface area contributed by atoms with Gasteiger partial charge in [0.25, 0.3) is 0 Å². The number of hydrogen-bond donors (Lipinski definition) is 0. The molecule has 0 heterocycles. The lowest BCUT2D eigenvalue weighted by Crippen LogP contribution is -2.10. The van der Waals surface area contributed by atoms with Crippen LogP contribution in [0.15, 0.2) is 97.1 Å². The number of halogens is 2. The largest absolute Gasteiger partial charge is 0.658 e. The molecule has 0 unspecified atom stereocenters. The first-order chi connectivity index (χ1) is 15.1. The van der Waals surface area contributed by atoms with Gasteiger partial charge in [-0.1, -0.05) is 12.1 Å². The highest BCUT2D eigenvalue weighted by Gasteiger charge is 2.06. The molecule has 4 nitrogen and oxygen atoms in total. The van der Waals surface area contributed by atoms with Gasteiger partial charge in [-0.15, -0.1) is 0 Å². The number of rotatable bonds is 8. The molecule has 0 saturated carbocycles. The summed E-state index contributed by atoms with van der Waals surface area (Å²) in [6.07, 6.45) is 0. The molecule has 0 atom stereocenters. The summed E-state index contributed by atoms with van der Waals surface area (Å²) >= 11 is 0. The van der Waals surface area contributed by atoms with Gasteiger partial charge in [0, 0.05) is 12.1 Å². The van der Waals surface area contributed by atoms with E-state index in [0.717, 1.165) is 0 Å². The van der Waals surface area contributed by atoms with Crippen molar-refractivity contribution >= 4 is 7.69 Å². The lowest BCUT2D eigenvalue weighted by molar-refractivity contribution is 0.445. The van der Waals surface area contributed by atoms with Gasteiger partial charge in [-0.3, -0.25) is 0 Å². The predicted octanol–water partition coefficient (Wildman–Crippen LogP) is 6.54. The van der Waals surface area contributed by atoms with E-state index in [0.29, 0.717) is 34.5 Å². The Bertz CT molecular complexity index is 1040. The second kappa shape index (κ2) is 9.67. The van der Waals surface area contributed by atoms with Gasteiger partial charge in [-0.2, -0.15) is 0 Å². The van der Waals surface area contributed by atoms with Crippen molar-refractivity contribution in [2.45, 2.75) is 0 Å². The van der Waals surface area contributed by atoms with Crippen LogP contribution in [-0.2, 0) is 0 Å². The van der Waals surface area contributed by atoms with Gasteiger partial charge in [-0.05, 0) is 72.8 Å². The molecule has 0 aliphatic carbocycles. The Morgan fingerprint density at radius 3 is 1.26 bits per heavy atom. The van der Waals surface area contributed by atoms with Crippen LogP contribution in [0.5, 0.6) is 34.5 Å². The Kier molecular flexibility index (Phi) is 6.33. The van der Waals surface area contributed by atoms with Crippen molar-refractivity contribution in [3.63, 3.8) is 0 Å². The lowest BCUT2D eigenvalue weighted by Gasteiger charge is -2.10.